The van der Waals surface area contributed by atoms with Gasteiger partial charge in [-0.3, -0.25) is 9.78 Å². The number of benzene rings is 1. The van der Waals surface area contributed by atoms with Gasteiger partial charge in [-0.15, -0.1) is 11.8 Å². The summed E-state index contributed by atoms with van der Waals surface area (Å²) in [7, 11) is 0. The van der Waals surface area contributed by atoms with Gasteiger partial charge < -0.3 is 0 Å². The molecule has 0 saturated heterocycles. The molecule has 4 nitrogen and oxygen atoms in total. The van der Waals surface area contributed by atoms with Crippen molar-refractivity contribution in [2.75, 3.05) is 12.3 Å². The third-order valence-corrected chi connectivity index (χ3v) is 5.50. The fraction of sp³-hybridized carbons (Fsp3) is 0.381. The van der Waals surface area contributed by atoms with E-state index in [1.165, 1.54) is 36.3 Å². The van der Waals surface area contributed by atoms with E-state index >= 15 is 0 Å². The Labute approximate surface area is 159 Å². The second-order valence-electron chi connectivity index (χ2n) is 6.40. The molecule has 0 unspecified atom stereocenters. The summed E-state index contributed by atoms with van der Waals surface area (Å²) in [4.78, 5) is 17.8. The molecular weight excluding hydrogens is 342 g/mol. The Balaban J connectivity index is 1.57. The monoisotopic (exact) mass is 367 g/mol. The van der Waals surface area contributed by atoms with Crippen LogP contribution in [0.5, 0.6) is 0 Å². The van der Waals surface area contributed by atoms with E-state index in [2.05, 4.69) is 41.3 Å². The Morgan fingerprint density at radius 1 is 1.15 bits per heavy atom. The Bertz CT molecular complexity index is 744. The number of pyridine rings is 1. The van der Waals surface area contributed by atoms with Gasteiger partial charge in [-0.05, 0) is 42.0 Å². The summed E-state index contributed by atoms with van der Waals surface area (Å²) in [5.74, 6) is 1.08. The highest BCUT2D eigenvalue weighted by Crippen LogP contribution is 2.22. The van der Waals surface area contributed by atoms with Crippen molar-refractivity contribution >= 4 is 23.4 Å². The first-order valence-electron chi connectivity index (χ1n) is 9.30. The van der Waals surface area contributed by atoms with E-state index in [1.807, 2.05) is 11.8 Å². The van der Waals surface area contributed by atoms with Crippen LogP contribution in [0.1, 0.15) is 54.9 Å². The van der Waals surface area contributed by atoms with E-state index in [4.69, 9.17) is 0 Å². The molecule has 0 saturated carbocycles. The predicted molar refractivity (Wildman–Crippen MR) is 108 cm³/mol. The van der Waals surface area contributed by atoms with E-state index < -0.39 is 0 Å². The zero-order valence-corrected chi connectivity index (χ0v) is 16.0. The second-order valence-corrected chi connectivity index (χ2v) is 7.57. The van der Waals surface area contributed by atoms with E-state index in [1.54, 1.807) is 29.5 Å². The molecule has 5 heteroatoms. The largest absolute Gasteiger partial charge is 0.275 e. The zero-order chi connectivity index (χ0) is 18.2. The molecule has 3 rings (SSSR count). The van der Waals surface area contributed by atoms with Gasteiger partial charge in [0.05, 0.1) is 17.8 Å². The van der Waals surface area contributed by atoms with Gasteiger partial charge in [0.2, 0.25) is 0 Å². The summed E-state index contributed by atoms with van der Waals surface area (Å²) in [6.45, 7) is 2.86. The number of rotatable bonds is 8. The van der Waals surface area contributed by atoms with Crippen LogP contribution in [-0.4, -0.2) is 33.9 Å². The average molecular weight is 368 g/mol. The number of carbonyl (C=O) groups excluding carboxylic acids is 1. The summed E-state index contributed by atoms with van der Waals surface area (Å²) in [5, 5.41) is 6.07. The van der Waals surface area contributed by atoms with Crippen LogP contribution in [0.25, 0.3) is 0 Å². The Morgan fingerprint density at radius 2 is 2.00 bits per heavy atom. The predicted octanol–water partition coefficient (Wildman–Crippen LogP) is 5.00. The molecule has 1 amide bonds. The van der Waals surface area contributed by atoms with Gasteiger partial charge in [-0.1, -0.05) is 38.3 Å². The molecule has 26 heavy (non-hydrogen) atoms. The first-order valence-corrected chi connectivity index (χ1v) is 10.3. The maximum Gasteiger partial charge on any atom is 0.275 e. The van der Waals surface area contributed by atoms with Crippen molar-refractivity contribution in [3.8, 4) is 0 Å². The topological polar surface area (TPSA) is 45.6 Å². The molecule has 0 spiro atoms. The standard InChI is InChI=1S/C21H25N3OS/c1-2-3-4-5-15-26-19-10-8-17(9-11-19)20-12-14-24(23-20)21(25)18-7-6-13-22-16-18/h6-11,13,16H,2-5,12,14-15H2,1H3. The molecular formula is C21H25N3OS. The zero-order valence-electron chi connectivity index (χ0n) is 15.2. The lowest BCUT2D eigenvalue weighted by Gasteiger charge is -2.10. The lowest BCUT2D eigenvalue weighted by molar-refractivity contribution is 0.0778. The number of nitrogens with zero attached hydrogens (tertiary/aromatic N) is 3. The molecule has 0 fully saturated rings. The van der Waals surface area contributed by atoms with Gasteiger partial charge in [-0.2, -0.15) is 5.10 Å². The highest BCUT2D eigenvalue weighted by Gasteiger charge is 2.22. The van der Waals surface area contributed by atoms with E-state index in [-0.39, 0.29) is 5.91 Å². The van der Waals surface area contributed by atoms with Gasteiger partial charge in [-0.25, -0.2) is 5.01 Å². The maximum absolute atomic E-state index is 12.4. The van der Waals surface area contributed by atoms with Crippen molar-refractivity contribution in [3.63, 3.8) is 0 Å². The first-order chi connectivity index (χ1) is 12.8. The normalized spacial score (nSPS) is 13.7. The minimum absolute atomic E-state index is 0.0904. The third-order valence-electron chi connectivity index (χ3n) is 4.40. The molecule has 0 bridgehead atoms. The van der Waals surface area contributed by atoms with E-state index in [0.717, 1.165) is 17.7 Å². The van der Waals surface area contributed by atoms with Gasteiger partial charge in [0, 0.05) is 23.7 Å². The van der Waals surface area contributed by atoms with E-state index in [0.29, 0.717) is 12.1 Å². The van der Waals surface area contributed by atoms with Crippen molar-refractivity contribution in [1.82, 2.24) is 9.99 Å². The minimum Gasteiger partial charge on any atom is -0.267 e. The van der Waals surface area contributed by atoms with Gasteiger partial charge in [0.15, 0.2) is 0 Å². The van der Waals surface area contributed by atoms with Crippen LogP contribution in [0.4, 0.5) is 0 Å². The summed E-state index contributed by atoms with van der Waals surface area (Å²) < 4.78 is 0. The SMILES string of the molecule is CCCCCCSc1ccc(C2=NN(C(=O)c3cccnc3)CC2)cc1. The van der Waals surface area contributed by atoms with Crippen LogP contribution in [0, 0.1) is 0 Å². The average Bonchev–Trinajstić information content (AvgIpc) is 3.18. The number of hydrogen-bond donors (Lipinski definition) is 0. The van der Waals surface area contributed by atoms with Crippen LogP contribution in [0.2, 0.25) is 0 Å². The third kappa shape index (κ3) is 4.94. The quantitative estimate of drug-likeness (QED) is 0.487. The maximum atomic E-state index is 12.4. The molecule has 1 aliphatic heterocycles. The molecule has 1 aromatic heterocycles. The lowest BCUT2D eigenvalue weighted by Crippen LogP contribution is -2.23. The number of unbranched alkanes of at least 4 members (excludes halogenated alkanes) is 3. The van der Waals surface area contributed by atoms with Crippen molar-refractivity contribution in [3.05, 3.63) is 59.9 Å². The van der Waals surface area contributed by atoms with Crippen LogP contribution in [-0.2, 0) is 0 Å². The number of carbonyl (C=O) groups is 1. The van der Waals surface area contributed by atoms with Crippen LogP contribution < -0.4 is 0 Å². The van der Waals surface area contributed by atoms with Crippen molar-refractivity contribution < 1.29 is 4.79 Å². The molecule has 1 aromatic carbocycles. The fourth-order valence-electron chi connectivity index (χ4n) is 2.91. The van der Waals surface area contributed by atoms with Crippen molar-refractivity contribution in [2.45, 2.75) is 43.9 Å². The second kappa shape index (κ2) is 9.53. The van der Waals surface area contributed by atoms with Crippen LogP contribution in [0.15, 0.2) is 58.8 Å². The molecule has 2 heterocycles. The Morgan fingerprint density at radius 3 is 2.73 bits per heavy atom. The Hall–Kier alpha value is -2.14. The summed E-state index contributed by atoms with van der Waals surface area (Å²) >= 11 is 1.91. The van der Waals surface area contributed by atoms with Gasteiger partial charge in [0.25, 0.3) is 5.91 Å². The number of hydrogen-bond acceptors (Lipinski definition) is 4. The molecule has 136 valence electrons. The number of thioether (sulfide) groups is 1. The van der Waals surface area contributed by atoms with Crippen molar-refractivity contribution in [2.24, 2.45) is 5.10 Å². The molecule has 0 aliphatic carbocycles. The number of aromatic nitrogens is 1. The van der Waals surface area contributed by atoms with Crippen LogP contribution in [0.3, 0.4) is 0 Å². The van der Waals surface area contributed by atoms with Crippen LogP contribution >= 0.6 is 11.8 Å². The summed E-state index contributed by atoms with van der Waals surface area (Å²) in [5.41, 5.74) is 2.65. The molecule has 0 atom stereocenters. The molecule has 1 aliphatic rings. The molecule has 0 N–H and O–H groups in total. The summed E-state index contributed by atoms with van der Waals surface area (Å²) in [6.07, 6.45) is 9.24. The van der Waals surface area contributed by atoms with E-state index in [9.17, 15) is 4.79 Å². The fourth-order valence-corrected chi connectivity index (χ4v) is 3.82. The summed E-state index contributed by atoms with van der Waals surface area (Å²) in [6, 6.07) is 12.1. The smallest absolute Gasteiger partial charge is 0.267 e. The molecule has 2 aromatic rings. The van der Waals surface area contributed by atoms with Gasteiger partial charge >= 0.3 is 0 Å². The minimum atomic E-state index is -0.0904. The first kappa shape index (κ1) is 18.6. The van der Waals surface area contributed by atoms with Crippen molar-refractivity contribution in [1.29, 1.82) is 0 Å². The number of hydrazone groups is 1. The Kier molecular flexibility index (Phi) is 6.83. The highest BCUT2D eigenvalue weighted by molar-refractivity contribution is 7.99. The lowest BCUT2D eigenvalue weighted by atomic mass is 10.1. The number of amides is 1. The molecule has 0 radical (unpaired) electrons. The van der Waals surface area contributed by atoms with Gasteiger partial charge in [0.1, 0.15) is 0 Å². The highest BCUT2D eigenvalue weighted by atomic mass is 32.2.